The highest BCUT2D eigenvalue weighted by molar-refractivity contribution is 7.13. The maximum atomic E-state index is 13.3. The molecule has 0 fully saturated rings. The monoisotopic (exact) mass is 450 g/mol. The van der Waals surface area contributed by atoms with Crippen LogP contribution in [0.1, 0.15) is 5.56 Å². The van der Waals surface area contributed by atoms with Gasteiger partial charge in [0.2, 0.25) is 0 Å². The SMILES string of the molecule is O=C1COc2ccc(-c3csc(-c4ccccc4Cl)n3)cc2N1Cc1ccc(F)cc1. The molecule has 0 saturated heterocycles. The largest absolute Gasteiger partial charge is 0.482 e. The van der Waals surface area contributed by atoms with Crippen molar-refractivity contribution < 1.29 is 13.9 Å². The van der Waals surface area contributed by atoms with Crippen LogP contribution in [0.5, 0.6) is 5.75 Å². The zero-order chi connectivity index (χ0) is 21.4. The number of aromatic nitrogens is 1. The van der Waals surface area contributed by atoms with Crippen molar-refractivity contribution in [2.45, 2.75) is 6.54 Å². The molecule has 0 saturated carbocycles. The van der Waals surface area contributed by atoms with E-state index in [1.54, 1.807) is 17.0 Å². The van der Waals surface area contributed by atoms with Gasteiger partial charge in [0, 0.05) is 16.5 Å². The van der Waals surface area contributed by atoms with Gasteiger partial charge in [-0.05, 0) is 42.0 Å². The Morgan fingerprint density at radius 3 is 2.71 bits per heavy atom. The van der Waals surface area contributed by atoms with Gasteiger partial charge in [-0.1, -0.05) is 41.9 Å². The lowest BCUT2D eigenvalue weighted by atomic mass is 10.1. The molecule has 0 atom stereocenters. The predicted molar refractivity (Wildman–Crippen MR) is 121 cm³/mol. The molecule has 4 aromatic rings. The molecule has 0 bridgehead atoms. The van der Waals surface area contributed by atoms with Crippen LogP contribution in [-0.4, -0.2) is 17.5 Å². The fourth-order valence-corrected chi connectivity index (χ4v) is 4.62. The van der Waals surface area contributed by atoms with E-state index >= 15 is 0 Å². The van der Waals surface area contributed by atoms with Gasteiger partial charge in [-0.25, -0.2) is 9.37 Å². The van der Waals surface area contributed by atoms with Gasteiger partial charge in [-0.2, -0.15) is 0 Å². The van der Waals surface area contributed by atoms with Crippen LogP contribution in [0.15, 0.2) is 72.1 Å². The Morgan fingerprint density at radius 1 is 1.10 bits per heavy atom. The van der Waals surface area contributed by atoms with E-state index in [-0.39, 0.29) is 18.3 Å². The van der Waals surface area contributed by atoms with Gasteiger partial charge < -0.3 is 9.64 Å². The van der Waals surface area contributed by atoms with E-state index in [1.807, 2.05) is 47.8 Å². The van der Waals surface area contributed by atoms with Crippen LogP contribution < -0.4 is 9.64 Å². The maximum Gasteiger partial charge on any atom is 0.265 e. The lowest BCUT2D eigenvalue weighted by Crippen LogP contribution is -2.38. The topological polar surface area (TPSA) is 42.4 Å². The fourth-order valence-electron chi connectivity index (χ4n) is 3.47. The van der Waals surface area contributed by atoms with Crippen molar-refractivity contribution in [2.75, 3.05) is 11.5 Å². The molecule has 7 heteroatoms. The Hall–Kier alpha value is -3.22. The van der Waals surface area contributed by atoms with Crippen molar-refractivity contribution in [1.29, 1.82) is 0 Å². The second-order valence-corrected chi connectivity index (χ2v) is 8.36. The minimum Gasteiger partial charge on any atom is -0.482 e. The number of nitrogens with zero attached hydrogens (tertiary/aromatic N) is 2. The third kappa shape index (κ3) is 3.92. The van der Waals surface area contributed by atoms with E-state index < -0.39 is 0 Å². The summed E-state index contributed by atoms with van der Waals surface area (Å²) in [6.07, 6.45) is 0. The molecule has 5 rings (SSSR count). The minimum absolute atomic E-state index is 0.0269. The summed E-state index contributed by atoms with van der Waals surface area (Å²) >= 11 is 7.82. The molecule has 1 aliphatic heterocycles. The summed E-state index contributed by atoms with van der Waals surface area (Å²) in [6, 6.07) is 19.4. The molecular weight excluding hydrogens is 435 g/mol. The third-order valence-corrected chi connectivity index (χ3v) is 6.27. The number of hydrogen-bond donors (Lipinski definition) is 0. The third-order valence-electron chi connectivity index (χ3n) is 5.06. The molecule has 4 nitrogen and oxygen atoms in total. The van der Waals surface area contributed by atoms with Crippen LogP contribution >= 0.6 is 22.9 Å². The predicted octanol–water partition coefficient (Wildman–Crippen LogP) is 6.20. The zero-order valence-corrected chi connectivity index (χ0v) is 17.8. The quantitative estimate of drug-likeness (QED) is 0.372. The van der Waals surface area contributed by atoms with Gasteiger partial charge in [-0.15, -0.1) is 11.3 Å². The fraction of sp³-hybridized carbons (Fsp3) is 0.0833. The molecule has 0 N–H and O–H groups in total. The summed E-state index contributed by atoms with van der Waals surface area (Å²) in [6.45, 7) is 0.307. The van der Waals surface area contributed by atoms with Gasteiger partial charge in [0.15, 0.2) is 6.61 Å². The first kappa shape index (κ1) is 19.7. The molecule has 1 aromatic heterocycles. The van der Waals surface area contributed by atoms with E-state index in [1.165, 1.54) is 23.5 Å². The smallest absolute Gasteiger partial charge is 0.265 e. The Bertz CT molecular complexity index is 1270. The van der Waals surface area contributed by atoms with Crippen LogP contribution in [0.2, 0.25) is 5.02 Å². The second-order valence-electron chi connectivity index (χ2n) is 7.10. The van der Waals surface area contributed by atoms with Crippen molar-refractivity contribution in [3.05, 3.63) is 88.5 Å². The van der Waals surface area contributed by atoms with E-state index in [4.69, 9.17) is 21.3 Å². The summed E-state index contributed by atoms with van der Waals surface area (Å²) in [5.74, 6) is 0.175. The van der Waals surface area contributed by atoms with Gasteiger partial charge >= 0.3 is 0 Å². The molecule has 154 valence electrons. The van der Waals surface area contributed by atoms with Crippen molar-refractivity contribution in [3.8, 4) is 27.6 Å². The average molecular weight is 451 g/mol. The Kier molecular flexibility index (Phi) is 5.18. The van der Waals surface area contributed by atoms with Crippen molar-refractivity contribution in [1.82, 2.24) is 4.98 Å². The molecule has 0 radical (unpaired) electrons. The van der Waals surface area contributed by atoms with Gasteiger partial charge in [-0.3, -0.25) is 4.79 Å². The number of amides is 1. The number of halogens is 2. The van der Waals surface area contributed by atoms with Gasteiger partial charge in [0.1, 0.15) is 16.6 Å². The molecular formula is C24H16ClFN2O2S. The molecule has 3 aromatic carbocycles. The molecule has 1 amide bonds. The van der Waals surface area contributed by atoms with Gasteiger partial charge in [0.05, 0.1) is 22.9 Å². The van der Waals surface area contributed by atoms with Crippen LogP contribution in [0.4, 0.5) is 10.1 Å². The molecule has 0 spiro atoms. The summed E-state index contributed by atoms with van der Waals surface area (Å²) in [5, 5.41) is 3.45. The number of rotatable bonds is 4. The average Bonchev–Trinajstić information content (AvgIpc) is 3.27. The highest BCUT2D eigenvalue weighted by atomic mass is 35.5. The molecule has 0 aliphatic carbocycles. The lowest BCUT2D eigenvalue weighted by molar-refractivity contribution is -0.121. The van der Waals surface area contributed by atoms with E-state index in [9.17, 15) is 9.18 Å². The standard InChI is InChI=1S/C24H16ClFN2O2S/c25-19-4-2-1-3-18(19)24-27-20(14-31-24)16-7-10-22-21(11-16)28(23(29)13-30-22)12-15-5-8-17(26)9-6-15/h1-11,14H,12-13H2. The number of anilines is 1. The van der Waals surface area contributed by atoms with Crippen LogP contribution in [-0.2, 0) is 11.3 Å². The number of thiazole rings is 1. The highest BCUT2D eigenvalue weighted by Crippen LogP contribution is 2.38. The molecule has 1 aliphatic rings. The zero-order valence-electron chi connectivity index (χ0n) is 16.2. The number of hydrogen-bond acceptors (Lipinski definition) is 4. The van der Waals surface area contributed by atoms with Crippen molar-refractivity contribution in [3.63, 3.8) is 0 Å². The normalized spacial score (nSPS) is 13.1. The Morgan fingerprint density at radius 2 is 1.90 bits per heavy atom. The Balaban J connectivity index is 1.49. The summed E-state index contributed by atoms with van der Waals surface area (Å²) in [4.78, 5) is 19.0. The number of ether oxygens (including phenoxy) is 1. The highest BCUT2D eigenvalue weighted by Gasteiger charge is 2.26. The number of fused-ring (bicyclic) bond motifs is 1. The minimum atomic E-state index is -0.308. The summed E-state index contributed by atoms with van der Waals surface area (Å²) < 4.78 is 18.9. The van der Waals surface area contributed by atoms with Crippen LogP contribution in [0.25, 0.3) is 21.8 Å². The summed E-state index contributed by atoms with van der Waals surface area (Å²) in [5.41, 5.74) is 4.06. The van der Waals surface area contributed by atoms with E-state index in [0.717, 1.165) is 27.4 Å². The van der Waals surface area contributed by atoms with Crippen LogP contribution in [0.3, 0.4) is 0 Å². The van der Waals surface area contributed by atoms with Crippen LogP contribution in [0, 0.1) is 5.82 Å². The molecule has 2 heterocycles. The number of carbonyl (C=O) groups is 1. The summed E-state index contributed by atoms with van der Waals surface area (Å²) in [7, 11) is 0. The van der Waals surface area contributed by atoms with Crippen molar-refractivity contribution >= 4 is 34.5 Å². The first-order valence-electron chi connectivity index (χ1n) is 9.61. The second kappa shape index (κ2) is 8.13. The maximum absolute atomic E-state index is 13.3. The molecule has 0 unspecified atom stereocenters. The first-order chi connectivity index (χ1) is 15.1. The van der Waals surface area contributed by atoms with E-state index in [0.29, 0.717) is 23.0 Å². The van der Waals surface area contributed by atoms with Crippen molar-refractivity contribution in [2.24, 2.45) is 0 Å². The lowest BCUT2D eigenvalue weighted by Gasteiger charge is -2.30. The number of benzene rings is 3. The molecule has 31 heavy (non-hydrogen) atoms. The van der Waals surface area contributed by atoms with E-state index in [2.05, 4.69) is 0 Å². The van der Waals surface area contributed by atoms with Gasteiger partial charge in [0.25, 0.3) is 5.91 Å². The number of carbonyl (C=O) groups excluding carboxylic acids is 1. The first-order valence-corrected chi connectivity index (χ1v) is 10.9. The Labute approximate surface area is 187 Å².